The van der Waals surface area contributed by atoms with E-state index in [1.54, 1.807) is 6.07 Å². The van der Waals surface area contributed by atoms with E-state index in [9.17, 15) is 28.7 Å². The number of nitro groups is 1. The van der Waals surface area contributed by atoms with Gasteiger partial charge in [-0.2, -0.15) is 4.31 Å². The van der Waals surface area contributed by atoms with E-state index in [1.807, 2.05) is 0 Å². The van der Waals surface area contributed by atoms with Gasteiger partial charge in [-0.05, 0) is 49.1 Å². The van der Waals surface area contributed by atoms with Gasteiger partial charge in [-0.25, -0.2) is 8.42 Å². The van der Waals surface area contributed by atoms with Crippen LogP contribution >= 0.6 is 0 Å². The van der Waals surface area contributed by atoms with Crippen molar-refractivity contribution >= 4 is 21.4 Å². The van der Waals surface area contributed by atoms with Crippen molar-refractivity contribution in [1.29, 1.82) is 0 Å². The number of phenolic OH excluding ortho intramolecular Hbond substituents is 2. The summed E-state index contributed by atoms with van der Waals surface area (Å²) in [6, 6.07) is 8.31. The molecule has 1 aliphatic heterocycles. The van der Waals surface area contributed by atoms with Crippen LogP contribution < -0.4 is 5.32 Å². The Bertz CT molecular complexity index is 1000. The average Bonchev–Trinajstić information content (AvgIpc) is 2.71. The van der Waals surface area contributed by atoms with Crippen molar-refractivity contribution in [3.05, 3.63) is 52.1 Å². The van der Waals surface area contributed by atoms with Gasteiger partial charge in [-0.15, -0.1) is 0 Å². The fraction of sp³-hybridized carbons (Fsp3) is 0.368. The Balaban J connectivity index is 1.75. The average molecular weight is 421 g/mol. The number of phenols is 2. The van der Waals surface area contributed by atoms with Gasteiger partial charge in [0.15, 0.2) is 11.5 Å². The van der Waals surface area contributed by atoms with E-state index in [1.165, 1.54) is 28.6 Å². The zero-order chi connectivity index (χ0) is 21.0. The lowest BCUT2D eigenvalue weighted by Gasteiger charge is -2.25. The number of nitro benzene ring substituents is 1. The number of anilines is 1. The minimum absolute atomic E-state index is 0.0832. The third kappa shape index (κ3) is 4.77. The quantitative estimate of drug-likeness (QED) is 0.356. The molecule has 0 radical (unpaired) electrons. The van der Waals surface area contributed by atoms with Gasteiger partial charge in [-0.1, -0.05) is 12.5 Å². The maximum absolute atomic E-state index is 12.8. The number of benzene rings is 2. The Morgan fingerprint density at radius 2 is 1.76 bits per heavy atom. The predicted molar refractivity (Wildman–Crippen MR) is 108 cm³/mol. The first-order valence-electron chi connectivity index (χ1n) is 9.32. The summed E-state index contributed by atoms with van der Waals surface area (Å²) in [6.07, 6.45) is 2.99. The van der Waals surface area contributed by atoms with Crippen LogP contribution in [0, 0.1) is 10.1 Å². The predicted octanol–water partition coefficient (Wildman–Crippen LogP) is 2.84. The third-order valence-corrected chi connectivity index (χ3v) is 6.78. The fourth-order valence-electron chi connectivity index (χ4n) is 3.29. The topological polar surface area (TPSA) is 133 Å². The van der Waals surface area contributed by atoms with Crippen LogP contribution in [0.2, 0.25) is 0 Å². The fourth-order valence-corrected chi connectivity index (χ4v) is 4.83. The monoisotopic (exact) mass is 421 g/mol. The number of aromatic hydroxyl groups is 2. The van der Waals surface area contributed by atoms with E-state index in [-0.39, 0.29) is 27.8 Å². The van der Waals surface area contributed by atoms with Crippen LogP contribution in [0.5, 0.6) is 11.5 Å². The second-order valence-corrected chi connectivity index (χ2v) is 8.84. The van der Waals surface area contributed by atoms with Gasteiger partial charge in [-0.3, -0.25) is 10.1 Å². The maximum atomic E-state index is 12.8. The third-order valence-electron chi connectivity index (χ3n) is 4.89. The molecule has 0 aliphatic carbocycles. The van der Waals surface area contributed by atoms with Crippen LogP contribution in [0.3, 0.4) is 0 Å². The Morgan fingerprint density at radius 1 is 1.03 bits per heavy atom. The van der Waals surface area contributed by atoms with Gasteiger partial charge in [0.2, 0.25) is 10.0 Å². The molecule has 2 aromatic rings. The molecule has 0 unspecified atom stereocenters. The first-order valence-corrected chi connectivity index (χ1v) is 10.8. The largest absolute Gasteiger partial charge is 0.504 e. The molecule has 0 aromatic heterocycles. The van der Waals surface area contributed by atoms with Crippen molar-refractivity contribution in [3.63, 3.8) is 0 Å². The second-order valence-electron chi connectivity index (χ2n) is 6.90. The molecule has 3 N–H and O–H groups in total. The Kier molecular flexibility index (Phi) is 6.23. The number of nitrogens with zero attached hydrogens (tertiary/aromatic N) is 2. The molecule has 0 saturated carbocycles. The first kappa shape index (κ1) is 20.9. The number of sulfonamides is 1. The van der Waals surface area contributed by atoms with Gasteiger partial charge in [0, 0.05) is 25.7 Å². The van der Waals surface area contributed by atoms with Gasteiger partial charge in [0.1, 0.15) is 5.69 Å². The molecule has 3 rings (SSSR count). The molecule has 1 fully saturated rings. The zero-order valence-corrected chi connectivity index (χ0v) is 16.6. The molecule has 10 heteroatoms. The molecule has 0 spiro atoms. The smallest absolute Gasteiger partial charge is 0.293 e. The Morgan fingerprint density at radius 3 is 2.41 bits per heavy atom. The van der Waals surface area contributed by atoms with Crippen LogP contribution in [0.15, 0.2) is 41.3 Å². The normalized spacial score (nSPS) is 15.2. The molecule has 9 nitrogen and oxygen atoms in total. The van der Waals surface area contributed by atoms with Crippen molar-refractivity contribution in [1.82, 2.24) is 4.31 Å². The minimum atomic E-state index is -3.76. The molecule has 1 heterocycles. The number of nitrogens with one attached hydrogen (secondary N) is 1. The molecule has 0 bridgehead atoms. The van der Waals surface area contributed by atoms with E-state index >= 15 is 0 Å². The van der Waals surface area contributed by atoms with Crippen LogP contribution in [-0.2, 0) is 16.4 Å². The highest BCUT2D eigenvalue weighted by Crippen LogP contribution is 2.30. The van der Waals surface area contributed by atoms with Crippen LogP contribution in [0.25, 0.3) is 0 Å². The highest BCUT2D eigenvalue weighted by atomic mass is 32.2. The standard InChI is InChI=1S/C19H23N3O6S/c23-18-7-4-14(12-19(18)24)8-9-20-16-6-5-15(13-17(16)22(25)26)29(27,28)21-10-2-1-3-11-21/h4-7,12-13,20,23-24H,1-3,8-11H2. The summed E-state index contributed by atoms with van der Waals surface area (Å²) >= 11 is 0. The van der Waals surface area contributed by atoms with Crippen molar-refractivity contribution in [3.8, 4) is 11.5 Å². The molecular weight excluding hydrogens is 398 g/mol. The lowest BCUT2D eigenvalue weighted by molar-refractivity contribution is -0.384. The van der Waals surface area contributed by atoms with E-state index in [0.717, 1.165) is 30.9 Å². The Labute approximate surface area is 168 Å². The molecular formula is C19H23N3O6S. The zero-order valence-electron chi connectivity index (χ0n) is 15.7. The molecule has 0 atom stereocenters. The number of piperidine rings is 1. The summed E-state index contributed by atoms with van der Waals surface area (Å²) in [6.45, 7) is 1.18. The van der Waals surface area contributed by atoms with E-state index in [4.69, 9.17) is 0 Å². The van der Waals surface area contributed by atoms with Crippen molar-refractivity contribution in [2.75, 3.05) is 25.0 Å². The summed E-state index contributed by atoms with van der Waals surface area (Å²) in [5.41, 5.74) is 0.645. The van der Waals surface area contributed by atoms with Crippen LogP contribution in [0.4, 0.5) is 11.4 Å². The molecule has 156 valence electrons. The molecule has 0 amide bonds. The van der Waals surface area contributed by atoms with E-state index in [2.05, 4.69) is 5.32 Å². The Hall–Kier alpha value is -2.85. The first-order chi connectivity index (χ1) is 13.8. The van der Waals surface area contributed by atoms with Crippen molar-refractivity contribution in [2.45, 2.75) is 30.6 Å². The maximum Gasteiger partial charge on any atom is 0.293 e. The lowest BCUT2D eigenvalue weighted by atomic mass is 10.1. The molecule has 29 heavy (non-hydrogen) atoms. The second kappa shape index (κ2) is 8.66. The summed E-state index contributed by atoms with van der Waals surface area (Å²) in [5, 5.41) is 33.3. The molecule has 1 aliphatic rings. The summed E-state index contributed by atoms with van der Waals surface area (Å²) in [4.78, 5) is 10.8. The van der Waals surface area contributed by atoms with Crippen molar-refractivity contribution < 1.29 is 23.6 Å². The van der Waals surface area contributed by atoms with Gasteiger partial charge < -0.3 is 15.5 Å². The summed E-state index contributed by atoms with van der Waals surface area (Å²) in [7, 11) is -3.76. The van der Waals surface area contributed by atoms with Crippen LogP contribution in [0.1, 0.15) is 24.8 Å². The highest BCUT2D eigenvalue weighted by Gasteiger charge is 2.28. The van der Waals surface area contributed by atoms with E-state index in [0.29, 0.717) is 26.1 Å². The molecule has 2 aromatic carbocycles. The summed E-state index contributed by atoms with van der Waals surface area (Å²) in [5.74, 6) is -0.455. The molecule has 1 saturated heterocycles. The highest BCUT2D eigenvalue weighted by molar-refractivity contribution is 7.89. The van der Waals surface area contributed by atoms with Crippen molar-refractivity contribution in [2.24, 2.45) is 0 Å². The van der Waals surface area contributed by atoms with Gasteiger partial charge in [0.25, 0.3) is 5.69 Å². The SMILES string of the molecule is O=[N+]([O-])c1cc(S(=O)(=O)N2CCCCC2)ccc1NCCc1ccc(O)c(O)c1. The number of hydrogen-bond donors (Lipinski definition) is 3. The van der Waals surface area contributed by atoms with E-state index < -0.39 is 14.9 Å². The van der Waals surface area contributed by atoms with Gasteiger partial charge in [0.05, 0.1) is 9.82 Å². The van der Waals surface area contributed by atoms with Gasteiger partial charge >= 0.3 is 0 Å². The minimum Gasteiger partial charge on any atom is -0.504 e. The lowest BCUT2D eigenvalue weighted by Crippen LogP contribution is -2.35. The van der Waals surface area contributed by atoms with Crippen LogP contribution in [-0.4, -0.2) is 47.5 Å². The number of hydrogen-bond acceptors (Lipinski definition) is 7. The summed E-state index contributed by atoms with van der Waals surface area (Å²) < 4.78 is 26.9. The number of rotatable bonds is 7.